The van der Waals surface area contributed by atoms with Crippen LogP contribution in [0.2, 0.25) is 0 Å². The minimum atomic E-state index is -4.59. The van der Waals surface area contributed by atoms with Crippen molar-refractivity contribution in [3.63, 3.8) is 0 Å². The Bertz CT molecular complexity index is 136. The second-order valence-electron chi connectivity index (χ2n) is 1.16. The fraction of sp³-hybridized carbons (Fsp3) is 0.667. The zero-order chi connectivity index (χ0) is 7.49. The van der Waals surface area contributed by atoms with Crippen molar-refractivity contribution in [2.75, 3.05) is 7.05 Å². The average molecular weight is 139 g/mol. The first-order chi connectivity index (χ1) is 4.02. The number of aliphatic imine (C=N–C) groups is 1. The molecule has 0 rings (SSSR count). The number of alkyl halides is 3. The Morgan fingerprint density at radius 1 is 1.44 bits per heavy atom. The molecule has 0 aromatic rings. The van der Waals surface area contributed by atoms with Gasteiger partial charge in [-0.3, -0.25) is 4.99 Å². The van der Waals surface area contributed by atoms with E-state index in [0.717, 1.165) is 7.05 Å². The van der Waals surface area contributed by atoms with Crippen LogP contribution < -0.4 is 0 Å². The summed E-state index contributed by atoms with van der Waals surface area (Å²) in [4.78, 5) is 2.72. The number of nitrogens with zero attached hydrogens (tertiary/aromatic N) is 2. The van der Waals surface area contributed by atoms with E-state index in [9.17, 15) is 13.2 Å². The van der Waals surface area contributed by atoms with Crippen LogP contribution in [0.1, 0.15) is 0 Å². The van der Waals surface area contributed by atoms with Gasteiger partial charge in [-0.05, 0) is 0 Å². The molecule has 0 radical (unpaired) electrons. The van der Waals surface area contributed by atoms with Crippen molar-refractivity contribution in [2.24, 2.45) is 10.1 Å². The van der Waals surface area contributed by atoms with Crippen molar-refractivity contribution in [2.45, 2.75) is 6.18 Å². The Morgan fingerprint density at radius 2 is 1.89 bits per heavy atom. The fourth-order valence-corrected chi connectivity index (χ4v) is 0.240. The number of halogens is 3. The van der Waals surface area contributed by atoms with Crippen LogP contribution in [-0.2, 0) is 0 Å². The number of nitrogens with one attached hydrogen (secondary N) is 1. The molecule has 0 atom stereocenters. The highest BCUT2D eigenvalue weighted by Gasteiger charge is 2.35. The Kier molecular flexibility index (Phi) is 2.29. The maximum Gasteiger partial charge on any atom is 0.453 e. The molecule has 0 heterocycles. The van der Waals surface area contributed by atoms with E-state index in [1.807, 2.05) is 0 Å². The van der Waals surface area contributed by atoms with E-state index in [0.29, 0.717) is 0 Å². The molecular weight excluding hydrogens is 135 g/mol. The summed E-state index contributed by atoms with van der Waals surface area (Å²) in [5.74, 6) is -1.41. The van der Waals surface area contributed by atoms with E-state index in [1.54, 1.807) is 0 Å². The molecule has 0 saturated carbocycles. The molecule has 0 fully saturated rings. The lowest BCUT2D eigenvalue weighted by atomic mass is 10.6. The van der Waals surface area contributed by atoms with Gasteiger partial charge in [0, 0.05) is 7.05 Å². The molecule has 0 bridgehead atoms. The number of rotatable bonds is 0. The molecule has 3 nitrogen and oxygen atoms in total. The van der Waals surface area contributed by atoms with Gasteiger partial charge in [-0.1, -0.05) is 0 Å². The minimum absolute atomic E-state index is 0.931. The minimum Gasteiger partial charge on any atom is -0.264 e. The van der Waals surface area contributed by atoms with E-state index >= 15 is 0 Å². The summed E-state index contributed by atoms with van der Waals surface area (Å²) in [6.07, 6.45) is -4.59. The second-order valence-corrected chi connectivity index (χ2v) is 1.16. The maximum absolute atomic E-state index is 11.4. The zero-order valence-corrected chi connectivity index (χ0v) is 4.53. The monoisotopic (exact) mass is 139 g/mol. The summed E-state index contributed by atoms with van der Waals surface area (Å²) in [6.45, 7) is 0. The lowest BCUT2D eigenvalue weighted by Gasteiger charge is -2.00. The van der Waals surface area contributed by atoms with Crippen LogP contribution in [0.25, 0.3) is 0 Å². The standard InChI is InChI=1S/C3H4F3N3/c1-8-2(9-7)3(4,5)6/h7H,1H3/b8-2-,9-7?. The third kappa shape index (κ3) is 2.20. The van der Waals surface area contributed by atoms with Crippen molar-refractivity contribution in [1.82, 2.24) is 0 Å². The summed E-state index contributed by atoms with van der Waals surface area (Å²) in [5.41, 5.74) is 5.99. The van der Waals surface area contributed by atoms with Crippen LogP contribution in [0.5, 0.6) is 0 Å². The van der Waals surface area contributed by atoms with Crippen molar-refractivity contribution in [3.8, 4) is 0 Å². The van der Waals surface area contributed by atoms with Gasteiger partial charge in [-0.2, -0.15) is 13.2 Å². The first kappa shape index (κ1) is 8.06. The van der Waals surface area contributed by atoms with Crippen molar-refractivity contribution in [3.05, 3.63) is 0 Å². The Balaban J connectivity index is 4.32. The summed E-state index contributed by atoms with van der Waals surface area (Å²) < 4.78 is 34.1. The highest BCUT2D eigenvalue weighted by atomic mass is 19.4. The fourth-order valence-electron chi connectivity index (χ4n) is 0.240. The lowest BCUT2D eigenvalue weighted by molar-refractivity contribution is -0.0602. The van der Waals surface area contributed by atoms with Gasteiger partial charge in [0.25, 0.3) is 5.84 Å². The van der Waals surface area contributed by atoms with Crippen LogP contribution in [-0.4, -0.2) is 19.1 Å². The molecule has 0 saturated heterocycles. The van der Waals surface area contributed by atoms with Gasteiger partial charge in [0.1, 0.15) is 0 Å². The third-order valence-corrected chi connectivity index (χ3v) is 0.571. The molecule has 0 aliphatic heterocycles. The Hall–Kier alpha value is -0.940. The zero-order valence-electron chi connectivity index (χ0n) is 4.53. The Labute approximate surface area is 49.1 Å². The van der Waals surface area contributed by atoms with Gasteiger partial charge >= 0.3 is 6.18 Å². The SMILES string of the molecule is C/N=C(\N=N)C(F)(F)F. The molecule has 0 aromatic heterocycles. The number of hydrogen-bond acceptors (Lipinski definition) is 2. The summed E-state index contributed by atoms with van der Waals surface area (Å²) >= 11 is 0. The first-order valence-electron chi connectivity index (χ1n) is 1.93. The maximum atomic E-state index is 11.4. The molecule has 6 heteroatoms. The molecule has 9 heavy (non-hydrogen) atoms. The first-order valence-corrected chi connectivity index (χ1v) is 1.93. The quantitative estimate of drug-likeness (QED) is 0.301. The molecule has 1 N–H and O–H groups in total. The van der Waals surface area contributed by atoms with Crippen LogP contribution in [0.4, 0.5) is 13.2 Å². The number of amidine groups is 1. The topological polar surface area (TPSA) is 48.6 Å². The highest BCUT2D eigenvalue weighted by Crippen LogP contribution is 2.17. The van der Waals surface area contributed by atoms with Gasteiger partial charge < -0.3 is 0 Å². The second kappa shape index (κ2) is 2.56. The van der Waals surface area contributed by atoms with Gasteiger partial charge in [0.15, 0.2) is 0 Å². The molecule has 0 aliphatic carbocycles. The summed E-state index contributed by atoms with van der Waals surface area (Å²) in [7, 11) is 0.931. The number of hydrogen-bond donors (Lipinski definition) is 1. The van der Waals surface area contributed by atoms with Crippen LogP contribution in [0.3, 0.4) is 0 Å². The summed E-state index contributed by atoms with van der Waals surface area (Å²) in [6, 6.07) is 0. The van der Waals surface area contributed by atoms with Gasteiger partial charge in [0.05, 0.1) is 0 Å². The van der Waals surface area contributed by atoms with E-state index in [4.69, 9.17) is 5.53 Å². The molecule has 0 aromatic carbocycles. The third-order valence-electron chi connectivity index (χ3n) is 0.571. The summed E-state index contributed by atoms with van der Waals surface area (Å²) in [5, 5.41) is 2.15. The normalized spacial score (nSPS) is 13.6. The molecule has 0 amide bonds. The van der Waals surface area contributed by atoms with Crippen molar-refractivity contribution >= 4 is 5.84 Å². The molecule has 0 aliphatic rings. The van der Waals surface area contributed by atoms with E-state index < -0.39 is 12.0 Å². The van der Waals surface area contributed by atoms with E-state index in [1.165, 1.54) is 0 Å². The predicted molar refractivity (Wildman–Crippen MR) is 24.6 cm³/mol. The van der Waals surface area contributed by atoms with Crippen molar-refractivity contribution in [1.29, 1.82) is 5.53 Å². The van der Waals surface area contributed by atoms with Gasteiger partial charge in [-0.25, -0.2) is 5.53 Å². The molecule has 0 unspecified atom stereocenters. The molecular formula is C3H4F3N3. The van der Waals surface area contributed by atoms with Crippen LogP contribution >= 0.6 is 0 Å². The molecule has 0 spiro atoms. The average Bonchev–Trinajstić information content (AvgIpc) is 1.65. The molecule has 52 valence electrons. The van der Waals surface area contributed by atoms with E-state index in [2.05, 4.69) is 10.1 Å². The van der Waals surface area contributed by atoms with Gasteiger partial charge in [-0.15, -0.1) is 5.11 Å². The van der Waals surface area contributed by atoms with E-state index in [-0.39, 0.29) is 0 Å². The van der Waals surface area contributed by atoms with Crippen molar-refractivity contribution < 1.29 is 13.2 Å². The van der Waals surface area contributed by atoms with Crippen LogP contribution in [0.15, 0.2) is 10.1 Å². The lowest BCUT2D eigenvalue weighted by Crippen LogP contribution is -2.19. The highest BCUT2D eigenvalue weighted by molar-refractivity contribution is 5.87. The van der Waals surface area contributed by atoms with Gasteiger partial charge in [0.2, 0.25) is 0 Å². The predicted octanol–water partition coefficient (Wildman–Crippen LogP) is 1.61. The van der Waals surface area contributed by atoms with Crippen LogP contribution in [0, 0.1) is 5.53 Å². The Morgan fingerprint density at radius 3 is 1.89 bits per heavy atom. The largest absolute Gasteiger partial charge is 0.453 e. The smallest absolute Gasteiger partial charge is 0.264 e.